The van der Waals surface area contributed by atoms with Crippen LogP contribution >= 0.6 is 0 Å². The molecule has 0 aliphatic rings. The molecule has 1 amide bonds. The Kier molecular flexibility index (Phi) is 7.91. The first kappa shape index (κ1) is 23.7. The minimum Gasteiger partial charge on any atom is -0.479 e. The topological polar surface area (TPSA) is 94.6 Å². The normalized spacial score (nSPS) is 11.4. The molecule has 3 aromatic rings. The number of anilines is 1. The molecule has 0 spiro atoms. The number of benzene rings is 2. The number of nitrogens with zero attached hydrogens (tertiary/aromatic N) is 1. The zero-order valence-corrected chi connectivity index (χ0v) is 18.8. The number of carbonyl (C=O) groups is 3. The second kappa shape index (κ2) is 11.0. The van der Waals surface area contributed by atoms with Crippen LogP contribution in [0.15, 0.2) is 67.0 Å². The van der Waals surface area contributed by atoms with Crippen LogP contribution in [0, 0.1) is 6.92 Å². The van der Waals surface area contributed by atoms with Crippen LogP contribution in [0.3, 0.4) is 0 Å². The van der Waals surface area contributed by atoms with Crippen LogP contribution in [0.4, 0.5) is 5.69 Å². The van der Waals surface area contributed by atoms with Gasteiger partial charge in [0.05, 0.1) is 5.56 Å². The van der Waals surface area contributed by atoms with Crippen molar-refractivity contribution in [3.63, 3.8) is 0 Å². The summed E-state index contributed by atoms with van der Waals surface area (Å²) >= 11 is 0. The highest BCUT2D eigenvalue weighted by Crippen LogP contribution is 2.23. The van der Waals surface area contributed by atoms with Crippen molar-refractivity contribution in [2.45, 2.75) is 39.7 Å². The van der Waals surface area contributed by atoms with Gasteiger partial charge in [0, 0.05) is 24.5 Å². The summed E-state index contributed by atoms with van der Waals surface area (Å²) in [6.45, 7) is 4.97. The van der Waals surface area contributed by atoms with Gasteiger partial charge in [0.25, 0.3) is 5.91 Å². The highest BCUT2D eigenvalue weighted by atomic mass is 16.6. The van der Waals surface area contributed by atoms with Crippen LogP contribution in [0.1, 0.15) is 41.8 Å². The number of pyridine rings is 1. The fraction of sp³-hybridized carbons (Fsp3) is 0.231. The third-order valence-electron chi connectivity index (χ3n) is 4.90. The maximum absolute atomic E-state index is 12.5. The molecule has 0 bridgehead atoms. The van der Waals surface area contributed by atoms with Crippen molar-refractivity contribution in [2.75, 3.05) is 5.32 Å². The number of ketones is 1. The summed E-state index contributed by atoms with van der Waals surface area (Å²) in [7, 11) is 0. The SMILES string of the molecule is CC(=O)CCc1ccc(OC(C)C(=O)Oc2ccc(NC(=O)c3cccnc3)cc2C)cc1. The van der Waals surface area contributed by atoms with Crippen LogP contribution in [0.2, 0.25) is 0 Å². The smallest absolute Gasteiger partial charge is 0.352 e. The molecule has 33 heavy (non-hydrogen) atoms. The van der Waals surface area contributed by atoms with E-state index in [4.69, 9.17) is 9.47 Å². The van der Waals surface area contributed by atoms with Gasteiger partial charge in [0.15, 0.2) is 6.10 Å². The van der Waals surface area contributed by atoms with Gasteiger partial charge in [0.1, 0.15) is 17.3 Å². The average Bonchev–Trinajstić information content (AvgIpc) is 2.80. The van der Waals surface area contributed by atoms with E-state index in [2.05, 4.69) is 10.3 Å². The summed E-state index contributed by atoms with van der Waals surface area (Å²) in [5.41, 5.74) is 2.74. The second-order valence-corrected chi connectivity index (χ2v) is 7.70. The van der Waals surface area contributed by atoms with E-state index in [-0.39, 0.29) is 11.7 Å². The number of aromatic nitrogens is 1. The van der Waals surface area contributed by atoms with E-state index in [1.807, 2.05) is 12.1 Å². The zero-order valence-electron chi connectivity index (χ0n) is 18.8. The highest BCUT2D eigenvalue weighted by Gasteiger charge is 2.18. The van der Waals surface area contributed by atoms with E-state index in [1.54, 1.807) is 69.4 Å². The summed E-state index contributed by atoms with van der Waals surface area (Å²) in [5.74, 6) is 0.254. The molecule has 1 heterocycles. The second-order valence-electron chi connectivity index (χ2n) is 7.70. The molecule has 0 aliphatic heterocycles. The van der Waals surface area contributed by atoms with Crippen LogP contribution in [-0.4, -0.2) is 28.7 Å². The molecule has 7 heteroatoms. The summed E-state index contributed by atoms with van der Waals surface area (Å²) in [4.78, 5) is 39.8. The minimum atomic E-state index is -0.822. The standard InChI is InChI=1S/C26H26N2O5/c1-17-15-22(28-25(30)21-5-4-14-27-16-21)10-13-24(17)33-26(31)19(3)32-23-11-8-20(9-12-23)7-6-18(2)29/h4-5,8-16,19H,6-7H2,1-3H3,(H,28,30). The Bertz CT molecular complexity index is 1130. The number of hydrogen-bond donors (Lipinski definition) is 1. The molecular formula is C26H26N2O5. The number of hydrogen-bond acceptors (Lipinski definition) is 6. The van der Waals surface area contributed by atoms with Crippen molar-refractivity contribution in [1.29, 1.82) is 0 Å². The highest BCUT2D eigenvalue weighted by molar-refractivity contribution is 6.04. The van der Waals surface area contributed by atoms with Crippen LogP contribution in [-0.2, 0) is 16.0 Å². The monoisotopic (exact) mass is 446 g/mol. The lowest BCUT2D eigenvalue weighted by atomic mass is 10.1. The Morgan fingerprint density at radius 2 is 1.82 bits per heavy atom. The Hall–Kier alpha value is -4.00. The van der Waals surface area contributed by atoms with Crippen LogP contribution < -0.4 is 14.8 Å². The molecule has 0 aliphatic carbocycles. The molecule has 1 aromatic heterocycles. The van der Waals surface area contributed by atoms with Gasteiger partial charge in [-0.05, 0) is 80.8 Å². The molecule has 3 rings (SSSR count). The molecule has 1 N–H and O–H groups in total. The number of amides is 1. The Balaban J connectivity index is 1.56. The minimum absolute atomic E-state index is 0.144. The molecule has 0 radical (unpaired) electrons. The maximum Gasteiger partial charge on any atom is 0.352 e. The molecule has 2 aromatic carbocycles. The zero-order chi connectivity index (χ0) is 23.8. The lowest BCUT2D eigenvalue weighted by Crippen LogP contribution is -2.28. The summed E-state index contributed by atoms with van der Waals surface area (Å²) in [6, 6.07) is 15.7. The van der Waals surface area contributed by atoms with Crippen molar-refractivity contribution in [3.8, 4) is 11.5 Å². The lowest BCUT2D eigenvalue weighted by molar-refractivity contribution is -0.141. The van der Waals surface area contributed by atoms with Gasteiger partial charge >= 0.3 is 5.97 Å². The molecule has 170 valence electrons. The largest absolute Gasteiger partial charge is 0.479 e. The van der Waals surface area contributed by atoms with Crippen molar-refractivity contribution in [1.82, 2.24) is 4.98 Å². The number of Topliss-reactive ketones (excluding diaryl/α,β-unsaturated/α-hetero) is 1. The quantitative estimate of drug-likeness (QED) is 0.383. The molecule has 0 fully saturated rings. The first-order valence-corrected chi connectivity index (χ1v) is 10.6. The van der Waals surface area contributed by atoms with Gasteiger partial charge in [-0.25, -0.2) is 4.79 Å². The van der Waals surface area contributed by atoms with Crippen molar-refractivity contribution in [3.05, 3.63) is 83.7 Å². The number of aryl methyl sites for hydroxylation is 2. The summed E-state index contributed by atoms with van der Waals surface area (Å²) in [6.07, 6.45) is 3.43. The van der Waals surface area contributed by atoms with E-state index in [1.165, 1.54) is 6.20 Å². The van der Waals surface area contributed by atoms with Crippen molar-refractivity contribution < 1.29 is 23.9 Å². The first-order valence-electron chi connectivity index (χ1n) is 10.6. The van der Waals surface area contributed by atoms with Crippen LogP contribution in [0.25, 0.3) is 0 Å². The van der Waals surface area contributed by atoms with Gasteiger partial charge in [-0.1, -0.05) is 12.1 Å². The van der Waals surface area contributed by atoms with E-state index < -0.39 is 12.1 Å². The molecule has 0 saturated heterocycles. The predicted octanol–water partition coefficient (Wildman–Crippen LogP) is 4.54. The fourth-order valence-electron chi connectivity index (χ4n) is 3.04. The third kappa shape index (κ3) is 7.00. The van der Waals surface area contributed by atoms with E-state index in [0.29, 0.717) is 41.2 Å². The lowest BCUT2D eigenvalue weighted by Gasteiger charge is -2.15. The summed E-state index contributed by atoms with van der Waals surface area (Å²) < 4.78 is 11.2. The molecular weight excluding hydrogens is 420 g/mol. The maximum atomic E-state index is 12.5. The number of esters is 1. The van der Waals surface area contributed by atoms with Crippen molar-refractivity contribution >= 4 is 23.3 Å². The van der Waals surface area contributed by atoms with Crippen molar-refractivity contribution in [2.24, 2.45) is 0 Å². The third-order valence-corrected chi connectivity index (χ3v) is 4.90. The van der Waals surface area contributed by atoms with E-state index >= 15 is 0 Å². The van der Waals surface area contributed by atoms with Gasteiger partial charge in [-0.3, -0.25) is 9.78 Å². The molecule has 0 saturated carbocycles. The van der Waals surface area contributed by atoms with Gasteiger partial charge in [-0.2, -0.15) is 0 Å². The van der Waals surface area contributed by atoms with E-state index in [9.17, 15) is 14.4 Å². The summed E-state index contributed by atoms with van der Waals surface area (Å²) in [5, 5.41) is 2.79. The Labute approximate surface area is 192 Å². The number of carbonyl (C=O) groups excluding carboxylic acids is 3. The van der Waals surface area contributed by atoms with E-state index in [0.717, 1.165) is 5.56 Å². The molecule has 7 nitrogen and oxygen atoms in total. The number of ether oxygens (including phenoxy) is 2. The molecule has 1 unspecified atom stereocenters. The number of nitrogens with one attached hydrogen (secondary N) is 1. The molecule has 1 atom stereocenters. The Morgan fingerprint density at radius 1 is 1.06 bits per heavy atom. The predicted molar refractivity (Wildman–Crippen MR) is 125 cm³/mol. The van der Waals surface area contributed by atoms with Gasteiger partial charge < -0.3 is 19.6 Å². The Morgan fingerprint density at radius 3 is 2.45 bits per heavy atom. The first-order chi connectivity index (χ1) is 15.8. The fourth-order valence-corrected chi connectivity index (χ4v) is 3.04. The van der Waals surface area contributed by atoms with Gasteiger partial charge in [0.2, 0.25) is 0 Å². The average molecular weight is 447 g/mol. The number of rotatable bonds is 9. The van der Waals surface area contributed by atoms with Gasteiger partial charge in [-0.15, -0.1) is 0 Å². The van der Waals surface area contributed by atoms with Crippen LogP contribution in [0.5, 0.6) is 11.5 Å².